The summed E-state index contributed by atoms with van der Waals surface area (Å²) in [4.78, 5) is 1.33. The van der Waals surface area contributed by atoms with Gasteiger partial charge in [0.2, 0.25) is 0 Å². The molecule has 0 saturated carbocycles. The number of anilines is 1. The van der Waals surface area contributed by atoms with E-state index in [0.717, 1.165) is 17.9 Å². The van der Waals surface area contributed by atoms with Crippen LogP contribution >= 0.6 is 11.3 Å². The molecule has 2 N–H and O–H groups in total. The predicted octanol–water partition coefficient (Wildman–Crippen LogP) is 2.39. The van der Waals surface area contributed by atoms with Crippen LogP contribution in [0.25, 0.3) is 0 Å². The molecule has 68 valence electrons. The van der Waals surface area contributed by atoms with Gasteiger partial charge in [-0.15, -0.1) is 11.3 Å². The van der Waals surface area contributed by atoms with Crippen molar-refractivity contribution in [1.29, 1.82) is 0 Å². The van der Waals surface area contributed by atoms with E-state index in [0.29, 0.717) is 0 Å². The molecule has 13 heavy (non-hydrogen) atoms. The van der Waals surface area contributed by atoms with Crippen molar-refractivity contribution in [3.63, 3.8) is 0 Å². The number of hydrogen-bond donors (Lipinski definition) is 2. The first kappa shape index (κ1) is 8.31. The van der Waals surface area contributed by atoms with Gasteiger partial charge in [-0.2, -0.15) is 5.10 Å². The van der Waals surface area contributed by atoms with E-state index < -0.39 is 0 Å². The molecule has 0 unspecified atom stereocenters. The van der Waals surface area contributed by atoms with E-state index >= 15 is 0 Å². The average molecular weight is 193 g/mol. The highest BCUT2D eigenvalue weighted by Gasteiger charge is 1.99. The Morgan fingerprint density at radius 3 is 3.15 bits per heavy atom. The fraction of sp³-hybridized carbons (Fsp3) is 0.222. The smallest absolute Gasteiger partial charge is 0.124 e. The lowest BCUT2D eigenvalue weighted by Gasteiger charge is -2.01. The van der Waals surface area contributed by atoms with E-state index in [1.165, 1.54) is 4.88 Å². The van der Waals surface area contributed by atoms with Crippen molar-refractivity contribution in [2.75, 3.05) is 5.32 Å². The number of nitrogens with one attached hydrogen (secondary N) is 2. The van der Waals surface area contributed by atoms with Crippen molar-refractivity contribution in [3.8, 4) is 0 Å². The highest BCUT2D eigenvalue weighted by molar-refractivity contribution is 7.09. The SMILES string of the molecule is Cc1cn[nH]c1NCc1cccs1. The number of aromatic nitrogens is 2. The highest BCUT2D eigenvalue weighted by Crippen LogP contribution is 2.13. The maximum atomic E-state index is 3.94. The summed E-state index contributed by atoms with van der Waals surface area (Å²) in [6.45, 7) is 2.89. The van der Waals surface area contributed by atoms with Gasteiger partial charge in [-0.05, 0) is 18.4 Å². The second-order valence-electron chi connectivity index (χ2n) is 2.86. The Hall–Kier alpha value is -1.29. The number of thiophene rings is 1. The van der Waals surface area contributed by atoms with Crippen LogP contribution in [0.5, 0.6) is 0 Å². The first-order valence-corrected chi connectivity index (χ1v) is 5.00. The fourth-order valence-corrected chi connectivity index (χ4v) is 1.76. The maximum absolute atomic E-state index is 3.94. The Bertz CT molecular complexity index is 364. The molecule has 0 atom stereocenters. The molecule has 0 amide bonds. The topological polar surface area (TPSA) is 40.7 Å². The first-order chi connectivity index (χ1) is 6.36. The van der Waals surface area contributed by atoms with Crippen LogP contribution in [0.1, 0.15) is 10.4 Å². The minimum Gasteiger partial charge on any atom is -0.365 e. The van der Waals surface area contributed by atoms with Crippen LogP contribution in [0.4, 0.5) is 5.82 Å². The molecule has 0 aliphatic rings. The fourth-order valence-electron chi connectivity index (χ4n) is 1.11. The lowest BCUT2D eigenvalue weighted by atomic mass is 10.3. The van der Waals surface area contributed by atoms with Crippen molar-refractivity contribution in [2.45, 2.75) is 13.5 Å². The Kier molecular flexibility index (Phi) is 2.31. The molecule has 0 aromatic carbocycles. The van der Waals surface area contributed by atoms with E-state index in [-0.39, 0.29) is 0 Å². The Balaban J connectivity index is 1.97. The quantitative estimate of drug-likeness (QED) is 0.785. The zero-order valence-electron chi connectivity index (χ0n) is 7.37. The predicted molar refractivity (Wildman–Crippen MR) is 55.0 cm³/mol. The molecule has 4 heteroatoms. The largest absolute Gasteiger partial charge is 0.365 e. The van der Waals surface area contributed by atoms with Crippen molar-refractivity contribution in [2.24, 2.45) is 0 Å². The summed E-state index contributed by atoms with van der Waals surface area (Å²) < 4.78 is 0. The molecule has 0 radical (unpaired) electrons. The van der Waals surface area contributed by atoms with Crippen LogP contribution in [0.2, 0.25) is 0 Å². The van der Waals surface area contributed by atoms with Gasteiger partial charge in [-0.3, -0.25) is 5.10 Å². The lowest BCUT2D eigenvalue weighted by molar-refractivity contribution is 1.06. The molecule has 0 aliphatic heterocycles. The van der Waals surface area contributed by atoms with Gasteiger partial charge in [0.05, 0.1) is 12.7 Å². The number of H-pyrrole nitrogens is 1. The van der Waals surface area contributed by atoms with Gasteiger partial charge < -0.3 is 5.32 Å². The molecule has 0 saturated heterocycles. The summed E-state index contributed by atoms with van der Waals surface area (Å²) in [6, 6.07) is 4.17. The van der Waals surface area contributed by atoms with Gasteiger partial charge in [-0.25, -0.2) is 0 Å². The number of nitrogens with zero attached hydrogens (tertiary/aromatic N) is 1. The van der Waals surface area contributed by atoms with Crippen molar-refractivity contribution in [3.05, 3.63) is 34.2 Å². The lowest BCUT2D eigenvalue weighted by Crippen LogP contribution is -1.98. The van der Waals surface area contributed by atoms with Gasteiger partial charge in [0, 0.05) is 10.4 Å². The van der Waals surface area contributed by atoms with Crippen molar-refractivity contribution >= 4 is 17.2 Å². The van der Waals surface area contributed by atoms with E-state index in [1.54, 1.807) is 11.3 Å². The Morgan fingerprint density at radius 1 is 1.62 bits per heavy atom. The molecule has 2 aromatic rings. The van der Waals surface area contributed by atoms with Crippen LogP contribution < -0.4 is 5.32 Å². The third-order valence-electron chi connectivity index (χ3n) is 1.85. The van der Waals surface area contributed by atoms with E-state index in [1.807, 2.05) is 13.1 Å². The van der Waals surface area contributed by atoms with Crippen LogP contribution in [-0.4, -0.2) is 10.2 Å². The van der Waals surface area contributed by atoms with Gasteiger partial charge in [0.1, 0.15) is 5.82 Å². The molecule has 2 rings (SSSR count). The third-order valence-corrected chi connectivity index (χ3v) is 2.72. The summed E-state index contributed by atoms with van der Waals surface area (Å²) in [7, 11) is 0. The first-order valence-electron chi connectivity index (χ1n) is 4.12. The third kappa shape index (κ3) is 1.89. The molecular formula is C9H11N3S. The molecule has 3 nitrogen and oxygen atoms in total. The number of aromatic amines is 1. The number of rotatable bonds is 3. The second kappa shape index (κ2) is 3.62. The van der Waals surface area contributed by atoms with Gasteiger partial charge >= 0.3 is 0 Å². The highest BCUT2D eigenvalue weighted by atomic mass is 32.1. The van der Waals surface area contributed by atoms with Crippen molar-refractivity contribution < 1.29 is 0 Å². The normalized spacial score (nSPS) is 10.2. The Labute approximate surface area is 80.8 Å². The minimum atomic E-state index is 0.862. The molecule has 2 heterocycles. The number of hydrogen-bond acceptors (Lipinski definition) is 3. The molecule has 0 fully saturated rings. The standard InChI is InChI=1S/C9H11N3S/c1-7-5-11-12-9(7)10-6-8-3-2-4-13-8/h2-5H,6H2,1H3,(H2,10,11,12). The molecular weight excluding hydrogens is 182 g/mol. The van der Waals surface area contributed by atoms with Crippen LogP contribution in [-0.2, 0) is 6.54 Å². The summed E-state index contributed by atoms with van der Waals surface area (Å²) in [5, 5.41) is 12.2. The minimum absolute atomic E-state index is 0.862. The monoisotopic (exact) mass is 193 g/mol. The zero-order chi connectivity index (χ0) is 9.10. The molecule has 0 spiro atoms. The van der Waals surface area contributed by atoms with Crippen molar-refractivity contribution in [1.82, 2.24) is 10.2 Å². The van der Waals surface area contributed by atoms with Crippen LogP contribution in [0, 0.1) is 6.92 Å². The Morgan fingerprint density at radius 2 is 2.54 bits per heavy atom. The summed E-state index contributed by atoms with van der Waals surface area (Å²) in [5.41, 5.74) is 1.15. The summed E-state index contributed by atoms with van der Waals surface area (Å²) in [6.07, 6.45) is 1.82. The van der Waals surface area contributed by atoms with Crippen LogP contribution in [0.15, 0.2) is 23.7 Å². The van der Waals surface area contributed by atoms with Crippen LogP contribution in [0.3, 0.4) is 0 Å². The van der Waals surface area contributed by atoms with E-state index in [9.17, 15) is 0 Å². The van der Waals surface area contributed by atoms with E-state index in [4.69, 9.17) is 0 Å². The summed E-state index contributed by atoms with van der Waals surface area (Å²) >= 11 is 1.75. The molecule has 0 aliphatic carbocycles. The van der Waals surface area contributed by atoms with Gasteiger partial charge in [-0.1, -0.05) is 6.07 Å². The molecule has 0 bridgehead atoms. The molecule has 2 aromatic heterocycles. The second-order valence-corrected chi connectivity index (χ2v) is 3.89. The zero-order valence-corrected chi connectivity index (χ0v) is 8.19. The maximum Gasteiger partial charge on any atom is 0.124 e. The summed E-state index contributed by atoms with van der Waals surface area (Å²) in [5.74, 6) is 1.01. The van der Waals surface area contributed by atoms with E-state index in [2.05, 4.69) is 33.0 Å². The number of aryl methyl sites for hydroxylation is 1. The van der Waals surface area contributed by atoms with Gasteiger partial charge in [0.25, 0.3) is 0 Å². The van der Waals surface area contributed by atoms with Gasteiger partial charge in [0.15, 0.2) is 0 Å². The average Bonchev–Trinajstić information content (AvgIpc) is 2.72.